The summed E-state index contributed by atoms with van der Waals surface area (Å²) in [5.74, 6) is 0. The number of fused-ring (bicyclic) bond motifs is 3. The van der Waals surface area contributed by atoms with Crippen molar-refractivity contribution in [3.63, 3.8) is 0 Å². The topological polar surface area (TPSA) is 0 Å². The first-order valence-corrected chi connectivity index (χ1v) is 9.99. The van der Waals surface area contributed by atoms with Crippen LogP contribution in [0.3, 0.4) is 0 Å². The predicted octanol–water partition coefficient (Wildman–Crippen LogP) is 4.06. The van der Waals surface area contributed by atoms with Crippen molar-refractivity contribution in [2.75, 3.05) is 0 Å². The number of benzene rings is 2. The summed E-state index contributed by atoms with van der Waals surface area (Å²) < 4.78 is 0. The average Bonchev–Trinajstić information content (AvgIpc) is 2.74. The van der Waals surface area contributed by atoms with Crippen LogP contribution in [0.1, 0.15) is 11.1 Å². The summed E-state index contributed by atoms with van der Waals surface area (Å²) in [6.07, 6.45) is 5.52. The van der Waals surface area contributed by atoms with E-state index >= 15 is 0 Å². The van der Waals surface area contributed by atoms with E-state index in [9.17, 15) is 0 Å². The Labute approximate surface area is 108 Å². The van der Waals surface area contributed by atoms with E-state index in [-0.39, 0.29) is 0 Å². The largest absolute Gasteiger partial charge is 0.181 e. The second-order valence-electron chi connectivity index (χ2n) is 5.12. The Hall–Kier alpha value is -1.05. The van der Waals surface area contributed by atoms with Crippen LogP contribution in [0.4, 0.5) is 0 Å². The molecule has 0 N–H and O–H groups in total. The third-order valence-electron chi connectivity index (χ3n) is 3.45. The lowest BCUT2D eigenvalue weighted by atomic mass is 10.0. The summed E-state index contributed by atoms with van der Waals surface area (Å²) in [4.78, 5) is 0. The van der Waals surface area contributed by atoms with Crippen LogP contribution in [-0.2, 0) is 6.42 Å². The molecule has 1 aliphatic rings. The van der Waals surface area contributed by atoms with E-state index in [1.165, 1.54) is 27.1 Å². The molecule has 0 saturated heterocycles. The van der Waals surface area contributed by atoms with Gasteiger partial charge in [0, 0.05) is 0 Å². The highest BCUT2D eigenvalue weighted by molar-refractivity contribution is 7.26. The monoisotopic (exact) mass is 258 g/mol. The molecule has 0 amide bonds. The standard InChI is InChI=1S/C15H15ClSi/c1-17(2,16)15-10-11-6-5-9-12(11)13-7-3-4-8-14(13)15/h3-8,10H,9H2,1-2H3. The summed E-state index contributed by atoms with van der Waals surface area (Å²) in [6.45, 7) is 4.39. The van der Waals surface area contributed by atoms with Crippen molar-refractivity contribution in [3.05, 3.63) is 47.5 Å². The van der Waals surface area contributed by atoms with Crippen LogP contribution in [0.5, 0.6) is 0 Å². The highest BCUT2D eigenvalue weighted by Crippen LogP contribution is 2.29. The molecule has 3 rings (SSSR count). The maximum absolute atomic E-state index is 6.65. The van der Waals surface area contributed by atoms with E-state index in [0.29, 0.717) is 0 Å². The molecule has 0 saturated carbocycles. The van der Waals surface area contributed by atoms with Crippen molar-refractivity contribution in [1.82, 2.24) is 0 Å². The summed E-state index contributed by atoms with van der Waals surface area (Å²) in [7, 11) is -1.80. The van der Waals surface area contributed by atoms with Gasteiger partial charge < -0.3 is 0 Å². The highest BCUT2D eigenvalue weighted by Gasteiger charge is 2.25. The Morgan fingerprint density at radius 2 is 1.82 bits per heavy atom. The Balaban J connectivity index is 2.43. The van der Waals surface area contributed by atoms with Crippen LogP contribution in [-0.4, -0.2) is 7.38 Å². The van der Waals surface area contributed by atoms with Gasteiger partial charge in [-0.2, -0.15) is 11.1 Å². The molecule has 0 unspecified atom stereocenters. The van der Waals surface area contributed by atoms with Crippen molar-refractivity contribution < 1.29 is 0 Å². The summed E-state index contributed by atoms with van der Waals surface area (Å²) in [5.41, 5.74) is 2.82. The molecule has 17 heavy (non-hydrogen) atoms. The fourth-order valence-electron chi connectivity index (χ4n) is 2.63. The molecule has 1 aliphatic carbocycles. The second-order valence-corrected chi connectivity index (χ2v) is 11.4. The van der Waals surface area contributed by atoms with E-state index in [0.717, 1.165) is 6.42 Å². The SMILES string of the molecule is C[Si](C)(Cl)c1cc2c(c3ccccc13)CC=C2. The summed E-state index contributed by atoms with van der Waals surface area (Å²) in [6, 6.07) is 11.0. The van der Waals surface area contributed by atoms with Gasteiger partial charge in [0.05, 0.1) is 0 Å². The van der Waals surface area contributed by atoms with Gasteiger partial charge in [-0.15, -0.1) is 0 Å². The maximum Gasteiger partial charge on any atom is 0.181 e. The van der Waals surface area contributed by atoms with Gasteiger partial charge in [-0.05, 0) is 33.5 Å². The van der Waals surface area contributed by atoms with E-state index in [4.69, 9.17) is 11.1 Å². The lowest BCUT2D eigenvalue weighted by molar-refractivity contribution is 1.35. The third-order valence-corrected chi connectivity index (χ3v) is 5.76. The molecule has 0 radical (unpaired) electrons. The normalized spacial score (nSPS) is 14.3. The van der Waals surface area contributed by atoms with Crippen molar-refractivity contribution in [2.24, 2.45) is 0 Å². The smallest absolute Gasteiger partial charge is 0.161 e. The van der Waals surface area contributed by atoms with Crippen molar-refractivity contribution >= 4 is 40.5 Å². The zero-order chi connectivity index (χ0) is 12.0. The van der Waals surface area contributed by atoms with E-state index < -0.39 is 7.38 Å². The zero-order valence-corrected chi connectivity index (χ0v) is 11.9. The minimum Gasteiger partial charge on any atom is -0.161 e. The lowest BCUT2D eigenvalue weighted by Gasteiger charge is -2.19. The molecule has 0 aliphatic heterocycles. The number of halogens is 1. The third kappa shape index (κ3) is 1.74. The van der Waals surface area contributed by atoms with Gasteiger partial charge in [0.1, 0.15) is 0 Å². The second kappa shape index (κ2) is 3.72. The molecule has 86 valence electrons. The summed E-state index contributed by atoms with van der Waals surface area (Å²) >= 11 is 6.65. The molecule has 0 heterocycles. The molecule has 0 atom stereocenters. The van der Waals surface area contributed by atoms with Crippen molar-refractivity contribution in [2.45, 2.75) is 19.5 Å². The highest BCUT2D eigenvalue weighted by atomic mass is 35.6. The molecular weight excluding hydrogens is 244 g/mol. The minimum absolute atomic E-state index is 1.06. The number of hydrogen-bond donors (Lipinski definition) is 0. The van der Waals surface area contributed by atoms with Gasteiger partial charge in [0.25, 0.3) is 0 Å². The van der Waals surface area contributed by atoms with Crippen LogP contribution in [0, 0.1) is 0 Å². The quantitative estimate of drug-likeness (QED) is 0.535. The summed E-state index contributed by atoms with van der Waals surface area (Å²) in [5, 5.41) is 4.09. The van der Waals surface area contributed by atoms with Gasteiger partial charge in [0.15, 0.2) is 7.38 Å². The van der Waals surface area contributed by atoms with Crippen molar-refractivity contribution in [3.8, 4) is 0 Å². The molecular formula is C15H15ClSi. The molecule has 0 bridgehead atoms. The van der Waals surface area contributed by atoms with E-state index in [2.05, 4.69) is 55.6 Å². The molecule has 0 aromatic heterocycles. The number of allylic oxidation sites excluding steroid dienone is 1. The van der Waals surface area contributed by atoms with Gasteiger partial charge in [-0.1, -0.05) is 55.6 Å². The molecule has 0 nitrogen and oxygen atoms in total. The Kier molecular flexibility index (Phi) is 2.42. The van der Waals surface area contributed by atoms with E-state index in [1.807, 2.05) is 0 Å². The first-order valence-electron chi connectivity index (χ1n) is 5.98. The first-order chi connectivity index (χ1) is 8.07. The Morgan fingerprint density at radius 1 is 1.12 bits per heavy atom. The zero-order valence-electron chi connectivity index (χ0n) is 10.1. The van der Waals surface area contributed by atoms with Gasteiger partial charge in [-0.25, -0.2) is 0 Å². The van der Waals surface area contributed by atoms with Gasteiger partial charge in [0.2, 0.25) is 0 Å². The number of hydrogen-bond acceptors (Lipinski definition) is 0. The molecule has 2 aromatic carbocycles. The van der Waals surface area contributed by atoms with Crippen LogP contribution >= 0.6 is 11.1 Å². The van der Waals surface area contributed by atoms with Crippen molar-refractivity contribution in [1.29, 1.82) is 0 Å². The van der Waals surface area contributed by atoms with Crippen LogP contribution in [0.25, 0.3) is 16.8 Å². The van der Waals surface area contributed by atoms with Crippen LogP contribution < -0.4 is 5.19 Å². The van der Waals surface area contributed by atoms with Gasteiger partial charge >= 0.3 is 0 Å². The van der Waals surface area contributed by atoms with Crippen LogP contribution in [0.2, 0.25) is 13.1 Å². The molecule has 2 aromatic rings. The molecule has 0 spiro atoms. The lowest BCUT2D eigenvalue weighted by Crippen LogP contribution is -2.36. The Bertz CT molecular complexity index is 621. The fraction of sp³-hybridized carbons (Fsp3) is 0.200. The predicted molar refractivity (Wildman–Crippen MR) is 79.7 cm³/mol. The minimum atomic E-state index is -1.80. The average molecular weight is 259 g/mol. The maximum atomic E-state index is 6.65. The van der Waals surface area contributed by atoms with E-state index in [1.54, 1.807) is 0 Å². The first kappa shape index (κ1) is 11.1. The van der Waals surface area contributed by atoms with Gasteiger partial charge in [-0.3, -0.25) is 0 Å². The van der Waals surface area contributed by atoms with Crippen LogP contribution in [0.15, 0.2) is 36.4 Å². The Morgan fingerprint density at radius 3 is 2.53 bits per heavy atom. The fourth-order valence-corrected chi connectivity index (χ4v) is 4.46. The number of rotatable bonds is 1. The molecule has 0 fully saturated rings. The molecule has 2 heteroatoms.